The van der Waals surface area contributed by atoms with Gasteiger partial charge in [-0.2, -0.15) is 0 Å². The number of para-hydroxylation sites is 1. The smallest absolute Gasteiger partial charge is 0.339 e. The highest BCUT2D eigenvalue weighted by atomic mass is 16.6. The fraction of sp³-hybridized carbons (Fsp3) is 0.816. The van der Waals surface area contributed by atoms with Gasteiger partial charge in [-0.25, -0.2) is 4.79 Å². The van der Waals surface area contributed by atoms with Crippen LogP contribution in [0.25, 0.3) is 0 Å². The number of rotatable bonds is 40. The van der Waals surface area contributed by atoms with Gasteiger partial charge >= 0.3 is 17.9 Å². The van der Waals surface area contributed by atoms with Gasteiger partial charge in [0.05, 0.1) is 26.1 Å². The van der Waals surface area contributed by atoms with Gasteiger partial charge in [0.25, 0.3) is 0 Å². The first-order valence-electron chi connectivity index (χ1n) is 23.6. The Morgan fingerprint density at radius 1 is 0.464 bits per heavy atom. The highest BCUT2D eigenvalue weighted by Crippen LogP contribution is 2.24. The van der Waals surface area contributed by atoms with Crippen molar-refractivity contribution in [1.29, 1.82) is 0 Å². The van der Waals surface area contributed by atoms with Gasteiger partial charge in [-0.05, 0) is 31.4 Å². The molecule has 0 amide bonds. The van der Waals surface area contributed by atoms with Gasteiger partial charge in [-0.3, -0.25) is 9.59 Å². The maximum Gasteiger partial charge on any atom is 0.339 e. The Morgan fingerprint density at radius 2 is 0.786 bits per heavy atom. The molecule has 1 atom stereocenters. The minimum atomic E-state index is -2.36. The van der Waals surface area contributed by atoms with Gasteiger partial charge in [-0.15, -0.1) is 0 Å². The molecule has 0 spiro atoms. The van der Waals surface area contributed by atoms with Crippen LogP contribution in [0.2, 0.25) is 0 Å². The van der Waals surface area contributed by atoms with Crippen molar-refractivity contribution in [3.63, 3.8) is 0 Å². The molecule has 0 aliphatic carbocycles. The van der Waals surface area contributed by atoms with E-state index in [1.165, 1.54) is 161 Å². The van der Waals surface area contributed by atoms with Crippen LogP contribution >= 0.6 is 0 Å². The Labute approximate surface area is 344 Å². The molecule has 0 fully saturated rings. The Kier molecular flexibility index (Phi) is 34.0. The van der Waals surface area contributed by atoms with Crippen LogP contribution in [-0.4, -0.2) is 41.8 Å². The molecule has 0 aliphatic rings. The number of aliphatic hydroxyl groups is 1. The third kappa shape index (κ3) is 29.8. The highest BCUT2D eigenvalue weighted by Gasteiger charge is 2.43. The van der Waals surface area contributed by atoms with Gasteiger partial charge < -0.3 is 19.3 Å². The Bertz CT molecular complexity index is 1090. The number of unbranched alkanes of at least 4 members (excludes halogenated alkanes) is 30. The maximum atomic E-state index is 13.2. The van der Waals surface area contributed by atoms with Crippen molar-refractivity contribution in [2.24, 2.45) is 0 Å². The average Bonchev–Trinajstić information content (AvgIpc) is 3.18. The third-order valence-corrected chi connectivity index (χ3v) is 11.1. The summed E-state index contributed by atoms with van der Waals surface area (Å²) in [6.07, 6.45) is 38.7. The molecule has 1 aromatic carbocycles. The summed E-state index contributed by atoms with van der Waals surface area (Å²) in [5.74, 6) is -2.18. The number of esters is 3. The summed E-state index contributed by atoms with van der Waals surface area (Å²) in [6.45, 7) is 6.68. The number of ether oxygens (including phenoxy) is 3. The molecule has 324 valence electrons. The van der Waals surface area contributed by atoms with Crippen LogP contribution in [-0.2, 0) is 23.9 Å². The zero-order chi connectivity index (χ0) is 40.8. The first kappa shape index (κ1) is 51.6. The Balaban J connectivity index is 2.29. The summed E-state index contributed by atoms with van der Waals surface area (Å²) in [5.41, 5.74) is -1.62. The largest absolute Gasteiger partial charge is 0.466 e. The van der Waals surface area contributed by atoms with Crippen molar-refractivity contribution >= 4 is 17.9 Å². The predicted octanol–water partition coefficient (Wildman–Crippen LogP) is 14.0. The first-order chi connectivity index (χ1) is 27.3. The van der Waals surface area contributed by atoms with Crippen LogP contribution < -0.4 is 4.74 Å². The van der Waals surface area contributed by atoms with Gasteiger partial charge in [0.2, 0.25) is 0 Å². The lowest BCUT2D eigenvalue weighted by atomic mass is 9.95. The molecule has 1 N–H and O–H groups in total. The second-order valence-electron chi connectivity index (χ2n) is 16.6. The van der Waals surface area contributed by atoms with E-state index >= 15 is 0 Å². The Morgan fingerprint density at radius 3 is 1.16 bits per heavy atom. The maximum absolute atomic E-state index is 13.2. The summed E-state index contributed by atoms with van der Waals surface area (Å²) in [6, 6.07) is 7.02. The molecular formula is C49H86O7. The highest BCUT2D eigenvalue weighted by molar-refractivity contribution is 5.90. The molecule has 7 heteroatoms. The van der Waals surface area contributed by atoms with Gasteiger partial charge in [0.15, 0.2) is 5.60 Å². The SMILES string of the molecule is CCCCCCCCCCCCCCCCCCOC(=O)CC(O)(CC(=O)Oc1ccccc1C)C(=O)OCCCCCCCCCCCCCCCCCC. The standard InChI is InChI=1S/C49H86O7/c1-4-6-8-10-12-14-16-18-20-22-24-26-28-30-32-36-40-54-46(50)42-49(53,43-47(51)56-45-39-35-34-38-44(45)3)48(52)55-41-37-33-31-29-27-25-23-21-19-17-15-13-11-9-7-5-2/h34-35,38-39,53H,4-33,36-37,40-43H2,1-3H3. The summed E-state index contributed by atoms with van der Waals surface area (Å²) >= 11 is 0. The molecule has 0 heterocycles. The van der Waals surface area contributed by atoms with E-state index in [-0.39, 0.29) is 13.2 Å². The van der Waals surface area contributed by atoms with Gasteiger partial charge in [0.1, 0.15) is 5.75 Å². The number of hydrogen-bond donors (Lipinski definition) is 1. The van der Waals surface area contributed by atoms with E-state index in [0.717, 1.165) is 44.1 Å². The van der Waals surface area contributed by atoms with E-state index < -0.39 is 36.4 Å². The molecule has 0 aromatic heterocycles. The lowest BCUT2D eigenvalue weighted by molar-refractivity contribution is -0.176. The second kappa shape index (κ2) is 36.9. The number of aryl methyl sites for hydroxylation is 1. The van der Waals surface area contributed by atoms with E-state index in [4.69, 9.17) is 14.2 Å². The molecule has 0 aliphatic heterocycles. The van der Waals surface area contributed by atoms with Crippen LogP contribution in [0.15, 0.2) is 24.3 Å². The monoisotopic (exact) mass is 787 g/mol. The van der Waals surface area contributed by atoms with Gasteiger partial charge in [-0.1, -0.05) is 225 Å². The molecule has 1 aromatic rings. The molecular weight excluding hydrogens is 701 g/mol. The molecule has 56 heavy (non-hydrogen) atoms. The first-order valence-corrected chi connectivity index (χ1v) is 23.6. The van der Waals surface area contributed by atoms with Crippen LogP contribution in [0, 0.1) is 6.92 Å². The molecule has 1 rings (SSSR count). The van der Waals surface area contributed by atoms with Crippen molar-refractivity contribution in [3.8, 4) is 5.75 Å². The molecule has 7 nitrogen and oxygen atoms in total. The fourth-order valence-electron chi connectivity index (χ4n) is 7.35. The molecule has 1 unspecified atom stereocenters. The van der Waals surface area contributed by atoms with E-state index in [2.05, 4.69) is 13.8 Å². The zero-order valence-corrected chi connectivity index (χ0v) is 36.7. The zero-order valence-electron chi connectivity index (χ0n) is 36.7. The van der Waals surface area contributed by atoms with Crippen molar-refractivity contribution in [2.45, 2.75) is 245 Å². The van der Waals surface area contributed by atoms with Crippen LogP contribution in [0.1, 0.15) is 238 Å². The van der Waals surface area contributed by atoms with Crippen molar-refractivity contribution in [3.05, 3.63) is 29.8 Å². The third-order valence-electron chi connectivity index (χ3n) is 11.1. The van der Waals surface area contributed by atoms with Crippen LogP contribution in [0.4, 0.5) is 0 Å². The van der Waals surface area contributed by atoms with Gasteiger partial charge in [0, 0.05) is 0 Å². The predicted molar refractivity (Wildman–Crippen MR) is 232 cm³/mol. The topological polar surface area (TPSA) is 99.1 Å². The number of carbonyl (C=O) groups is 3. The summed E-state index contributed by atoms with van der Waals surface area (Å²) in [5, 5.41) is 11.4. The summed E-state index contributed by atoms with van der Waals surface area (Å²) < 4.78 is 16.3. The van der Waals surface area contributed by atoms with Crippen molar-refractivity contribution in [1.82, 2.24) is 0 Å². The van der Waals surface area contributed by atoms with Crippen LogP contribution in [0.3, 0.4) is 0 Å². The van der Waals surface area contributed by atoms with E-state index in [1.54, 1.807) is 25.1 Å². The number of carbonyl (C=O) groups excluding carboxylic acids is 3. The molecule has 0 bridgehead atoms. The lowest BCUT2D eigenvalue weighted by Crippen LogP contribution is -2.45. The quantitative estimate of drug-likeness (QED) is 0.0402. The normalized spacial score (nSPS) is 12.4. The number of hydrogen-bond acceptors (Lipinski definition) is 7. The molecule has 0 radical (unpaired) electrons. The van der Waals surface area contributed by atoms with E-state index in [9.17, 15) is 19.5 Å². The second-order valence-corrected chi connectivity index (χ2v) is 16.6. The molecule has 0 saturated heterocycles. The Hall–Kier alpha value is -2.41. The lowest BCUT2D eigenvalue weighted by Gasteiger charge is -2.24. The minimum absolute atomic E-state index is 0.126. The average molecular weight is 787 g/mol. The minimum Gasteiger partial charge on any atom is -0.466 e. The number of benzene rings is 1. The van der Waals surface area contributed by atoms with E-state index in [0.29, 0.717) is 12.2 Å². The van der Waals surface area contributed by atoms with Crippen molar-refractivity contribution < 1.29 is 33.7 Å². The summed E-state index contributed by atoms with van der Waals surface area (Å²) in [7, 11) is 0. The van der Waals surface area contributed by atoms with E-state index in [1.807, 2.05) is 6.07 Å². The van der Waals surface area contributed by atoms with Crippen molar-refractivity contribution in [2.75, 3.05) is 13.2 Å². The fourth-order valence-corrected chi connectivity index (χ4v) is 7.35. The van der Waals surface area contributed by atoms with Crippen LogP contribution in [0.5, 0.6) is 5.75 Å². The summed E-state index contributed by atoms with van der Waals surface area (Å²) in [4.78, 5) is 38.9. The molecule has 0 saturated carbocycles.